The van der Waals surface area contributed by atoms with Crippen LogP contribution in [0.5, 0.6) is 0 Å². The second kappa shape index (κ2) is 7.34. The maximum Gasteiger partial charge on any atom is 0.226 e. The standard InChI is InChI=1S/C23H30N4O/c1-16-20-14-18-6-5-7-19(18)15-21(20)25-23(24-16)27-12-8-17(9-13-27)22(28)26-10-3-2-4-11-26/h14-15,17H,2-13H2,1H3. The molecule has 5 nitrogen and oxygen atoms in total. The zero-order valence-corrected chi connectivity index (χ0v) is 16.9. The molecule has 3 heterocycles. The van der Waals surface area contributed by atoms with Crippen LogP contribution in [0.3, 0.4) is 0 Å². The van der Waals surface area contributed by atoms with E-state index in [-0.39, 0.29) is 5.92 Å². The van der Waals surface area contributed by atoms with E-state index in [0.717, 1.165) is 56.2 Å². The van der Waals surface area contributed by atoms with Crippen LogP contribution in [0.1, 0.15) is 55.3 Å². The van der Waals surface area contributed by atoms with E-state index < -0.39 is 0 Å². The Hall–Kier alpha value is -2.17. The van der Waals surface area contributed by atoms with Gasteiger partial charge in [0.2, 0.25) is 11.9 Å². The van der Waals surface area contributed by atoms with Crippen molar-refractivity contribution in [1.82, 2.24) is 14.9 Å². The summed E-state index contributed by atoms with van der Waals surface area (Å²) >= 11 is 0. The number of nitrogens with zero attached hydrogens (tertiary/aromatic N) is 4. The van der Waals surface area contributed by atoms with E-state index in [2.05, 4.69) is 28.9 Å². The van der Waals surface area contributed by atoms with Crippen LogP contribution in [0.4, 0.5) is 5.95 Å². The summed E-state index contributed by atoms with van der Waals surface area (Å²) in [7, 11) is 0. The van der Waals surface area contributed by atoms with Crippen molar-refractivity contribution >= 4 is 22.8 Å². The molecule has 148 valence electrons. The van der Waals surface area contributed by atoms with Crippen LogP contribution in [0.25, 0.3) is 10.9 Å². The highest BCUT2D eigenvalue weighted by atomic mass is 16.2. The van der Waals surface area contributed by atoms with Crippen molar-refractivity contribution in [2.45, 2.75) is 58.3 Å². The van der Waals surface area contributed by atoms with Crippen molar-refractivity contribution < 1.29 is 4.79 Å². The first-order valence-corrected chi connectivity index (χ1v) is 11.0. The van der Waals surface area contributed by atoms with E-state index in [0.29, 0.717) is 5.91 Å². The first kappa shape index (κ1) is 17.9. The van der Waals surface area contributed by atoms with Gasteiger partial charge >= 0.3 is 0 Å². The van der Waals surface area contributed by atoms with Crippen LogP contribution in [0, 0.1) is 12.8 Å². The fourth-order valence-electron chi connectivity index (χ4n) is 5.18. The van der Waals surface area contributed by atoms with Gasteiger partial charge in [-0.05, 0) is 81.5 Å². The van der Waals surface area contributed by atoms with Crippen LogP contribution in [-0.4, -0.2) is 47.0 Å². The highest BCUT2D eigenvalue weighted by Gasteiger charge is 2.30. The van der Waals surface area contributed by atoms with E-state index in [9.17, 15) is 4.79 Å². The Morgan fingerprint density at radius 1 is 0.929 bits per heavy atom. The molecule has 2 fully saturated rings. The molecule has 2 saturated heterocycles. The van der Waals surface area contributed by atoms with Crippen molar-refractivity contribution in [2.75, 3.05) is 31.1 Å². The van der Waals surface area contributed by atoms with Gasteiger partial charge in [-0.2, -0.15) is 0 Å². The molecule has 0 atom stereocenters. The van der Waals surface area contributed by atoms with Gasteiger partial charge in [0.1, 0.15) is 0 Å². The zero-order valence-electron chi connectivity index (χ0n) is 16.9. The zero-order chi connectivity index (χ0) is 19.1. The van der Waals surface area contributed by atoms with Crippen LogP contribution >= 0.6 is 0 Å². The highest BCUT2D eigenvalue weighted by molar-refractivity contribution is 5.84. The van der Waals surface area contributed by atoms with E-state index in [4.69, 9.17) is 9.97 Å². The number of amides is 1. The molecule has 1 aromatic carbocycles. The molecule has 0 unspecified atom stereocenters. The fraction of sp³-hybridized carbons (Fsp3) is 0.609. The summed E-state index contributed by atoms with van der Waals surface area (Å²) in [6.45, 7) is 5.76. The van der Waals surface area contributed by atoms with Gasteiger partial charge in [0.05, 0.1) is 11.2 Å². The number of hydrogen-bond donors (Lipinski definition) is 0. The molecule has 0 saturated carbocycles. The van der Waals surface area contributed by atoms with Gasteiger partial charge in [0.25, 0.3) is 0 Å². The monoisotopic (exact) mass is 378 g/mol. The molecule has 0 N–H and O–H groups in total. The molecule has 5 rings (SSSR count). The first-order valence-electron chi connectivity index (χ1n) is 11.0. The van der Waals surface area contributed by atoms with E-state index >= 15 is 0 Å². The fourth-order valence-corrected chi connectivity index (χ4v) is 5.18. The van der Waals surface area contributed by atoms with Crippen LogP contribution in [-0.2, 0) is 17.6 Å². The molecule has 2 aromatic rings. The normalized spacial score (nSPS) is 20.6. The topological polar surface area (TPSA) is 49.3 Å². The molecule has 0 radical (unpaired) electrons. The highest BCUT2D eigenvalue weighted by Crippen LogP contribution is 2.30. The number of carbonyl (C=O) groups is 1. The van der Waals surface area contributed by atoms with E-state index in [1.807, 2.05) is 0 Å². The lowest BCUT2D eigenvalue weighted by Gasteiger charge is -2.35. The molecule has 1 amide bonds. The lowest BCUT2D eigenvalue weighted by molar-refractivity contribution is -0.137. The number of likely N-dealkylation sites (tertiary alicyclic amines) is 1. The molecule has 5 heteroatoms. The minimum absolute atomic E-state index is 0.180. The van der Waals surface area contributed by atoms with E-state index in [1.54, 1.807) is 0 Å². The molecule has 28 heavy (non-hydrogen) atoms. The Kier molecular flexibility index (Phi) is 4.69. The van der Waals surface area contributed by atoms with Gasteiger partial charge in [-0.15, -0.1) is 0 Å². The quantitative estimate of drug-likeness (QED) is 0.800. The summed E-state index contributed by atoms with van der Waals surface area (Å²) in [4.78, 5) is 26.9. The van der Waals surface area contributed by atoms with Gasteiger partial charge in [-0.1, -0.05) is 0 Å². The third-order valence-electron chi connectivity index (χ3n) is 6.88. The molecule has 0 bridgehead atoms. The van der Waals surface area contributed by atoms with Crippen LogP contribution < -0.4 is 4.90 Å². The lowest BCUT2D eigenvalue weighted by Crippen LogP contribution is -2.44. The Bertz CT molecular complexity index is 895. The second-order valence-corrected chi connectivity index (χ2v) is 8.75. The summed E-state index contributed by atoms with van der Waals surface area (Å²) in [6.07, 6.45) is 9.04. The molecule has 1 aliphatic carbocycles. The maximum atomic E-state index is 12.8. The number of fused-ring (bicyclic) bond motifs is 2. The Balaban J connectivity index is 1.31. The maximum absolute atomic E-state index is 12.8. The third-order valence-corrected chi connectivity index (χ3v) is 6.88. The number of carbonyl (C=O) groups excluding carboxylic acids is 1. The number of rotatable bonds is 2. The molecule has 1 aromatic heterocycles. The molecule has 2 aliphatic heterocycles. The SMILES string of the molecule is Cc1nc(N2CCC(C(=O)N3CCCCC3)CC2)nc2cc3c(cc12)CCC3. The number of aryl methyl sites for hydroxylation is 3. The second-order valence-electron chi connectivity index (χ2n) is 8.75. The summed E-state index contributed by atoms with van der Waals surface area (Å²) in [5.74, 6) is 1.40. The summed E-state index contributed by atoms with van der Waals surface area (Å²) in [6, 6.07) is 4.59. The Morgan fingerprint density at radius 2 is 1.64 bits per heavy atom. The first-order chi connectivity index (χ1) is 13.7. The Morgan fingerprint density at radius 3 is 2.39 bits per heavy atom. The van der Waals surface area contributed by atoms with Crippen molar-refractivity contribution in [1.29, 1.82) is 0 Å². The number of piperidine rings is 2. The number of hydrogen-bond acceptors (Lipinski definition) is 4. The minimum Gasteiger partial charge on any atom is -0.342 e. The summed E-state index contributed by atoms with van der Waals surface area (Å²) < 4.78 is 0. The molecular formula is C23H30N4O. The average Bonchev–Trinajstić information content (AvgIpc) is 3.20. The van der Waals surface area contributed by atoms with Gasteiger partial charge in [0.15, 0.2) is 0 Å². The summed E-state index contributed by atoms with van der Waals surface area (Å²) in [5, 5.41) is 1.19. The van der Waals surface area contributed by atoms with E-state index in [1.165, 1.54) is 55.0 Å². The molecule has 0 spiro atoms. The van der Waals surface area contributed by atoms with Gasteiger partial charge in [-0.25, -0.2) is 9.97 Å². The largest absolute Gasteiger partial charge is 0.342 e. The number of anilines is 1. The van der Waals surface area contributed by atoms with Crippen molar-refractivity contribution in [3.05, 3.63) is 29.0 Å². The predicted molar refractivity (Wildman–Crippen MR) is 112 cm³/mol. The van der Waals surface area contributed by atoms with Crippen LogP contribution in [0.2, 0.25) is 0 Å². The van der Waals surface area contributed by atoms with Crippen molar-refractivity contribution in [3.63, 3.8) is 0 Å². The minimum atomic E-state index is 0.180. The smallest absolute Gasteiger partial charge is 0.226 e. The summed E-state index contributed by atoms with van der Waals surface area (Å²) in [5.41, 5.74) is 5.09. The average molecular weight is 379 g/mol. The molecular weight excluding hydrogens is 348 g/mol. The molecule has 3 aliphatic rings. The van der Waals surface area contributed by atoms with Gasteiger partial charge < -0.3 is 9.80 Å². The number of benzene rings is 1. The third kappa shape index (κ3) is 3.25. The van der Waals surface area contributed by atoms with Gasteiger partial charge in [0, 0.05) is 37.5 Å². The number of aromatic nitrogens is 2. The van der Waals surface area contributed by atoms with Crippen LogP contribution in [0.15, 0.2) is 12.1 Å². The van der Waals surface area contributed by atoms with Crippen molar-refractivity contribution in [2.24, 2.45) is 5.92 Å². The lowest BCUT2D eigenvalue weighted by atomic mass is 9.94. The van der Waals surface area contributed by atoms with Gasteiger partial charge in [-0.3, -0.25) is 4.79 Å². The predicted octanol–water partition coefficient (Wildman–Crippen LogP) is 3.66. The van der Waals surface area contributed by atoms with Crippen molar-refractivity contribution in [3.8, 4) is 0 Å². The Labute approximate surface area is 167 Å².